The summed E-state index contributed by atoms with van der Waals surface area (Å²) in [5, 5.41) is 0. The molecule has 20 heavy (non-hydrogen) atoms. The summed E-state index contributed by atoms with van der Waals surface area (Å²) in [5.74, 6) is 1.79. The molecule has 4 nitrogen and oxygen atoms in total. The zero-order valence-electron chi connectivity index (χ0n) is 10.9. The average molecular weight is 266 g/mol. The second kappa shape index (κ2) is 4.27. The average Bonchev–Trinajstić information content (AvgIpc) is 2.92. The Balaban J connectivity index is 1.72. The minimum atomic E-state index is 0.136. The first-order chi connectivity index (χ1) is 9.81. The molecule has 0 radical (unpaired) electrons. The first-order valence-electron chi connectivity index (χ1n) is 6.67. The SMILES string of the molecule is Nc1cccc2oc(C3COc4ccccc4C3)nc12. The fraction of sp³-hybridized carbons (Fsp3) is 0.188. The van der Waals surface area contributed by atoms with Crippen LogP contribution >= 0.6 is 0 Å². The van der Waals surface area contributed by atoms with Gasteiger partial charge in [0.05, 0.1) is 11.6 Å². The minimum absolute atomic E-state index is 0.136. The summed E-state index contributed by atoms with van der Waals surface area (Å²) in [4.78, 5) is 4.54. The molecule has 2 N–H and O–H groups in total. The molecule has 1 atom stereocenters. The molecule has 4 heteroatoms. The van der Waals surface area contributed by atoms with E-state index in [0.717, 1.165) is 23.3 Å². The smallest absolute Gasteiger partial charge is 0.202 e. The summed E-state index contributed by atoms with van der Waals surface area (Å²) in [6.07, 6.45) is 0.878. The van der Waals surface area contributed by atoms with Crippen LogP contribution in [-0.4, -0.2) is 11.6 Å². The zero-order valence-corrected chi connectivity index (χ0v) is 10.9. The van der Waals surface area contributed by atoms with Crippen LogP contribution in [0.2, 0.25) is 0 Å². The summed E-state index contributed by atoms with van der Waals surface area (Å²) in [6.45, 7) is 0.587. The molecule has 0 amide bonds. The number of nitrogen functional groups attached to an aromatic ring is 1. The number of anilines is 1. The first-order valence-corrected chi connectivity index (χ1v) is 6.67. The van der Waals surface area contributed by atoms with E-state index >= 15 is 0 Å². The lowest BCUT2D eigenvalue weighted by Gasteiger charge is -2.22. The number of nitrogens with zero attached hydrogens (tertiary/aromatic N) is 1. The number of ether oxygens (including phenoxy) is 1. The predicted molar refractivity (Wildman–Crippen MR) is 76.8 cm³/mol. The number of para-hydroxylation sites is 2. The number of hydrogen-bond acceptors (Lipinski definition) is 4. The number of oxazole rings is 1. The molecule has 0 saturated heterocycles. The Bertz CT molecular complexity index is 779. The predicted octanol–water partition coefficient (Wildman–Crippen LogP) is 3.13. The summed E-state index contributed by atoms with van der Waals surface area (Å²) in [7, 11) is 0. The molecule has 0 saturated carbocycles. The van der Waals surface area contributed by atoms with Gasteiger partial charge in [0, 0.05) is 0 Å². The van der Waals surface area contributed by atoms with Gasteiger partial charge in [-0.2, -0.15) is 0 Å². The Morgan fingerprint density at radius 3 is 2.90 bits per heavy atom. The van der Waals surface area contributed by atoms with Crippen molar-refractivity contribution in [3.63, 3.8) is 0 Å². The fourth-order valence-corrected chi connectivity index (χ4v) is 2.65. The monoisotopic (exact) mass is 266 g/mol. The number of hydrogen-bond donors (Lipinski definition) is 1. The lowest BCUT2D eigenvalue weighted by Crippen LogP contribution is -2.19. The second-order valence-electron chi connectivity index (χ2n) is 5.07. The van der Waals surface area contributed by atoms with Crippen LogP contribution in [0.1, 0.15) is 17.4 Å². The molecule has 1 aliphatic heterocycles. The lowest BCUT2D eigenvalue weighted by atomic mass is 9.97. The van der Waals surface area contributed by atoms with Crippen molar-refractivity contribution in [1.29, 1.82) is 0 Å². The molecule has 2 aromatic carbocycles. The van der Waals surface area contributed by atoms with E-state index in [1.165, 1.54) is 5.56 Å². The molecular formula is C16H14N2O2. The van der Waals surface area contributed by atoms with Crippen LogP contribution in [0.25, 0.3) is 11.1 Å². The van der Waals surface area contributed by atoms with Gasteiger partial charge in [0.1, 0.15) is 17.9 Å². The van der Waals surface area contributed by atoms with Gasteiger partial charge in [-0.25, -0.2) is 4.98 Å². The molecular weight excluding hydrogens is 252 g/mol. The van der Waals surface area contributed by atoms with Gasteiger partial charge in [0.25, 0.3) is 0 Å². The maximum atomic E-state index is 5.92. The topological polar surface area (TPSA) is 61.3 Å². The minimum Gasteiger partial charge on any atom is -0.492 e. The van der Waals surface area contributed by atoms with Crippen molar-refractivity contribution < 1.29 is 9.15 Å². The van der Waals surface area contributed by atoms with Gasteiger partial charge < -0.3 is 14.9 Å². The number of rotatable bonds is 1. The normalized spacial score (nSPS) is 17.7. The Morgan fingerprint density at radius 1 is 1.10 bits per heavy atom. The van der Waals surface area contributed by atoms with Crippen LogP contribution < -0.4 is 10.5 Å². The molecule has 3 aromatic rings. The third kappa shape index (κ3) is 1.72. The fourth-order valence-electron chi connectivity index (χ4n) is 2.65. The van der Waals surface area contributed by atoms with Gasteiger partial charge in [0.15, 0.2) is 5.58 Å². The van der Waals surface area contributed by atoms with E-state index < -0.39 is 0 Å². The third-order valence-corrected chi connectivity index (χ3v) is 3.69. The van der Waals surface area contributed by atoms with Crippen molar-refractivity contribution in [2.75, 3.05) is 12.3 Å². The van der Waals surface area contributed by atoms with Gasteiger partial charge >= 0.3 is 0 Å². The van der Waals surface area contributed by atoms with Crippen LogP contribution in [-0.2, 0) is 6.42 Å². The van der Waals surface area contributed by atoms with Crippen molar-refractivity contribution in [2.24, 2.45) is 0 Å². The van der Waals surface area contributed by atoms with E-state index in [1.807, 2.05) is 36.4 Å². The van der Waals surface area contributed by atoms with Gasteiger partial charge in [-0.15, -0.1) is 0 Å². The standard InChI is InChI=1S/C16H14N2O2/c17-12-5-3-7-14-15(12)18-16(20-14)11-8-10-4-1-2-6-13(10)19-9-11/h1-7,11H,8-9,17H2. The van der Waals surface area contributed by atoms with E-state index in [2.05, 4.69) is 11.1 Å². The van der Waals surface area contributed by atoms with Crippen LogP contribution in [0.3, 0.4) is 0 Å². The molecule has 0 fully saturated rings. The zero-order chi connectivity index (χ0) is 13.5. The Labute approximate surface area is 116 Å². The second-order valence-corrected chi connectivity index (χ2v) is 5.07. The molecule has 1 aliphatic rings. The van der Waals surface area contributed by atoms with Crippen LogP contribution in [0.4, 0.5) is 5.69 Å². The highest BCUT2D eigenvalue weighted by atomic mass is 16.5. The van der Waals surface area contributed by atoms with Gasteiger partial charge in [-0.05, 0) is 30.2 Å². The lowest BCUT2D eigenvalue weighted by molar-refractivity contribution is 0.243. The first kappa shape index (κ1) is 11.3. The van der Waals surface area contributed by atoms with Crippen molar-refractivity contribution in [3.8, 4) is 5.75 Å². The highest BCUT2D eigenvalue weighted by Gasteiger charge is 2.25. The summed E-state index contributed by atoms with van der Waals surface area (Å²) in [6, 6.07) is 13.7. The molecule has 0 spiro atoms. The molecule has 0 bridgehead atoms. The molecule has 0 aliphatic carbocycles. The van der Waals surface area contributed by atoms with Crippen molar-refractivity contribution in [1.82, 2.24) is 4.98 Å². The van der Waals surface area contributed by atoms with Crippen LogP contribution in [0, 0.1) is 0 Å². The van der Waals surface area contributed by atoms with Gasteiger partial charge in [-0.1, -0.05) is 24.3 Å². The Morgan fingerprint density at radius 2 is 2.00 bits per heavy atom. The van der Waals surface area contributed by atoms with E-state index in [1.54, 1.807) is 0 Å². The molecule has 1 aromatic heterocycles. The van der Waals surface area contributed by atoms with Crippen LogP contribution in [0.5, 0.6) is 5.75 Å². The van der Waals surface area contributed by atoms with Crippen LogP contribution in [0.15, 0.2) is 46.9 Å². The summed E-state index contributed by atoms with van der Waals surface area (Å²) < 4.78 is 11.6. The maximum absolute atomic E-state index is 5.92. The largest absolute Gasteiger partial charge is 0.492 e. The third-order valence-electron chi connectivity index (χ3n) is 3.69. The molecule has 100 valence electrons. The Kier molecular flexibility index (Phi) is 2.42. The number of aromatic nitrogens is 1. The highest BCUT2D eigenvalue weighted by Crippen LogP contribution is 2.33. The van der Waals surface area contributed by atoms with E-state index in [0.29, 0.717) is 18.2 Å². The molecule has 4 rings (SSSR count). The quantitative estimate of drug-likeness (QED) is 0.687. The number of fused-ring (bicyclic) bond motifs is 2. The van der Waals surface area contributed by atoms with Crippen molar-refractivity contribution in [2.45, 2.75) is 12.3 Å². The Hall–Kier alpha value is -2.49. The highest BCUT2D eigenvalue weighted by molar-refractivity contribution is 5.85. The van der Waals surface area contributed by atoms with Gasteiger partial charge in [-0.3, -0.25) is 0 Å². The summed E-state index contributed by atoms with van der Waals surface area (Å²) in [5.41, 5.74) is 9.24. The number of nitrogens with two attached hydrogens (primary N) is 1. The van der Waals surface area contributed by atoms with Gasteiger partial charge in [0.2, 0.25) is 5.89 Å². The van der Waals surface area contributed by atoms with Crippen molar-refractivity contribution in [3.05, 3.63) is 53.9 Å². The van der Waals surface area contributed by atoms with Crippen molar-refractivity contribution >= 4 is 16.8 Å². The van der Waals surface area contributed by atoms with E-state index in [-0.39, 0.29) is 5.92 Å². The van der Waals surface area contributed by atoms with E-state index in [4.69, 9.17) is 14.9 Å². The molecule has 1 unspecified atom stereocenters. The maximum Gasteiger partial charge on any atom is 0.202 e. The molecule has 2 heterocycles. The van der Waals surface area contributed by atoms with E-state index in [9.17, 15) is 0 Å². The number of benzene rings is 2. The summed E-state index contributed by atoms with van der Waals surface area (Å²) >= 11 is 0.